The van der Waals surface area contributed by atoms with Gasteiger partial charge in [0.1, 0.15) is 36.9 Å². The number of benzene rings is 3. The molecule has 0 aliphatic carbocycles. The molecule has 0 aliphatic rings. The highest BCUT2D eigenvalue weighted by Gasteiger charge is 2.19. The van der Waals surface area contributed by atoms with E-state index in [0.717, 1.165) is 22.4 Å². The van der Waals surface area contributed by atoms with Gasteiger partial charge in [0.15, 0.2) is 0 Å². The second kappa shape index (κ2) is 10.8. The lowest BCUT2D eigenvalue weighted by Crippen LogP contribution is -3.00. The summed E-state index contributed by atoms with van der Waals surface area (Å²) in [6, 6.07) is 24.0. The van der Waals surface area contributed by atoms with Crippen LogP contribution in [0.25, 0.3) is 0 Å². The average Bonchev–Trinajstić information content (AvgIpc) is 2.72. The standard InChI is InChI=1S/C23H24FNO2.ClH/c1-17(25-15-18-7-11-21(24)12-8-18)23(26)20-9-13-22(14-10-20)27-16-19-5-3-2-4-6-19;/h2-14,17,23,25-26H,15-16H2,1H3;1H. The van der Waals surface area contributed by atoms with Crippen molar-refractivity contribution in [2.24, 2.45) is 0 Å². The van der Waals surface area contributed by atoms with Crippen LogP contribution >= 0.6 is 0 Å². The van der Waals surface area contributed by atoms with Crippen molar-refractivity contribution in [3.05, 3.63) is 101 Å². The predicted octanol–water partition coefficient (Wildman–Crippen LogP) is 0.594. The van der Waals surface area contributed by atoms with Gasteiger partial charge in [-0.3, -0.25) is 0 Å². The fourth-order valence-corrected chi connectivity index (χ4v) is 2.88. The van der Waals surface area contributed by atoms with E-state index in [1.807, 2.05) is 61.5 Å². The van der Waals surface area contributed by atoms with Crippen LogP contribution in [0.5, 0.6) is 5.75 Å². The Morgan fingerprint density at radius 3 is 2.18 bits per heavy atom. The molecule has 3 aromatic carbocycles. The Morgan fingerprint density at radius 1 is 0.893 bits per heavy atom. The molecule has 0 aliphatic heterocycles. The van der Waals surface area contributed by atoms with Gasteiger partial charge in [-0.25, -0.2) is 4.39 Å². The predicted molar refractivity (Wildman–Crippen MR) is 104 cm³/mol. The molecule has 0 spiro atoms. The van der Waals surface area contributed by atoms with Gasteiger partial charge >= 0.3 is 0 Å². The molecule has 0 heterocycles. The highest BCUT2D eigenvalue weighted by Crippen LogP contribution is 2.20. The van der Waals surface area contributed by atoms with Crippen molar-refractivity contribution in [1.29, 1.82) is 0 Å². The SMILES string of the molecule is CC([NH2+]Cc1ccc(F)cc1)C(O)c1ccc(OCc2ccccc2)cc1.[Cl-]. The molecule has 0 bridgehead atoms. The second-order valence-electron chi connectivity index (χ2n) is 6.71. The maximum Gasteiger partial charge on any atom is 0.130 e. The zero-order valence-corrected chi connectivity index (χ0v) is 16.5. The number of hydrogen-bond donors (Lipinski definition) is 2. The first kappa shape index (κ1) is 21.9. The minimum Gasteiger partial charge on any atom is -1.00 e. The van der Waals surface area contributed by atoms with E-state index in [1.165, 1.54) is 12.1 Å². The summed E-state index contributed by atoms with van der Waals surface area (Å²) in [5.41, 5.74) is 3.00. The van der Waals surface area contributed by atoms with E-state index in [4.69, 9.17) is 4.74 Å². The van der Waals surface area contributed by atoms with Gasteiger partial charge in [0, 0.05) is 5.56 Å². The summed E-state index contributed by atoms with van der Waals surface area (Å²) in [6.45, 7) is 3.19. The van der Waals surface area contributed by atoms with E-state index < -0.39 is 6.10 Å². The number of nitrogens with two attached hydrogens (primary N) is 1. The Hall–Kier alpha value is -2.40. The van der Waals surface area contributed by atoms with Crippen LogP contribution in [0.2, 0.25) is 0 Å². The zero-order valence-electron chi connectivity index (χ0n) is 15.8. The molecule has 0 saturated heterocycles. The van der Waals surface area contributed by atoms with Crippen LogP contribution in [0.4, 0.5) is 4.39 Å². The van der Waals surface area contributed by atoms with Crippen LogP contribution in [0.15, 0.2) is 78.9 Å². The number of ether oxygens (including phenoxy) is 1. The highest BCUT2D eigenvalue weighted by atomic mass is 35.5. The van der Waals surface area contributed by atoms with Crippen LogP contribution in [0.1, 0.15) is 29.7 Å². The monoisotopic (exact) mass is 401 g/mol. The summed E-state index contributed by atoms with van der Waals surface area (Å²) >= 11 is 0. The van der Waals surface area contributed by atoms with Gasteiger partial charge in [0.25, 0.3) is 0 Å². The average molecular weight is 402 g/mol. The number of halogens is 2. The number of quaternary nitrogens is 1. The lowest BCUT2D eigenvalue weighted by atomic mass is 10.0. The molecule has 0 radical (unpaired) electrons. The molecule has 0 aromatic heterocycles. The van der Waals surface area contributed by atoms with Crippen LogP contribution in [0.3, 0.4) is 0 Å². The smallest absolute Gasteiger partial charge is 0.130 e. The van der Waals surface area contributed by atoms with E-state index in [1.54, 1.807) is 12.1 Å². The van der Waals surface area contributed by atoms with Gasteiger partial charge in [-0.05, 0) is 42.3 Å². The van der Waals surface area contributed by atoms with Gasteiger partial charge in [-0.1, -0.05) is 54.6 Å². The first-order chi connectivity index (χ1) is 13.1. The molecule has 3 nitrogen and oxygen atoms in total. The van der Waals surface area contributed by atoms with Crippen molar-refractivity contribution in [1.82, 2.24) is 0 Å². The molecule has 0 fully saturated rings. The third-order valence-electron chi connectivity index (χ3n) is 4.61. The van der Waals surface area contributed by atoms with E-state index in [0.29, 0.717) is 13.2 Å². The van der Waals surface area contributed by atoms with Gasteiger partial charge < -0.3 is 27.6 Å². The molecule has 3 aromatic rings. The highest BCUT2D eigenvalue weighted by molar-refractivity contribution is 5.29. The number of aliphatic hydroxyl groups is 1. The second-order valence-corrected chi connectivity index (χ2v) is 6.71. The largest absolute Gasteiger partial charge is 1.00 e. The van der Waals surface area contributed by atoms with Crippen molar-refractivity contribution in [2.75, 3.05) is 0 Å². The first-order valence-corrected chi connectivity index (χ1v) is 9.14. The van der Waals surface area contributed by atoms with E-state index >= 15 is 0 Å². The third kappa shape index (κ3) is 6.34. The van der Waals surface area contributed by atoms with Gasteiger partial charge in [-0.2, -0.15) is 0 Å². The van der Waals surface area contributed by atoms with Crippen LogP contribution < -0.4 is 22.5 Å². The van der Waals surface area contributed by atoms with E-state index in [9.17, 15) is 9.50 Å². The fraction of sp³-hybridized carbons (Fsp3) is 0.217. The van der Waals surface area contributed by atoms with Crippen molar-refractivity contribution >= 4 is 0 Å². The van der Waals surface area contributed by atoms with E-state index in [-0.39, 0.29) is 24.3 Å². The minimum absolute atomic E-state index is 0. The molecule has 5 heteroatoms. The molecule has 3 rings (SSSR count). The van der Waals surface area contributed by atoms with Gasteiger partial charge in [0.2, 0.25) is 0 Å². The molecule has 148 valence electrons. The molecular formula is C23H25ClFNO2. The first-order valence-electron chi connectivity index (χ1n) is 9.14. The lowest BCUT2D eigenvalue weighted by molar-refractivity contribution is -0.709. The summed E-state index contributed by atoms with van der Waals surface area (Å²) in [6.07, 6.45) is -0.589. The summed E-state index contributed by atoms with van der Waals surface area (Å²) in [5, 5.41) is 12.6. The fourth-order valence-electron chi connectivity index (χ4n) is 2.88. The van der Waals surface area contributed by atoms with Crippen molar-refractivity contribution in [2.45, 2.75) is 32.2 Å². The summed E-state index contributed by atoms with van der Waals surface area (Å²) in [5.74, 6) is 0.541. The van der Waals surface area contributed by atoms with Crippen molar-refractivity contribution in [3.8, 4) is 5.75 Å². The van der Waals surface area contributed by atoms with Crippen molar-refractivity contribution in [3.63, 3.8) is 0 Å². The molecule has 0 amide bonds. The Kier molecular flexibility index (Phi) is 8.45. The van der Waals surface area contributed by atoms with Gasteiger partial charge in [-0.15, -0.1) is 0 Å². The molecule has 2 unspecified atom stereocenters. The Balaban J connectivity index is 0.00000280. The molecule has 0 saturated carbocycles. The molecular weight excluding hydrogens is 377 g/mol. The summed E-state index contributed by atoms with van der Waals surface area (Å²) in [4.78, 5) is 0. The third-order valence-corrected chi connectivity index (χ3v) is 4.61. The quantitative estimate of drug-likeness (QED) is 0.580. The van der Waals surface area contributed by atoms with Crippen molar-refractivity contribution < 1.29 is 32.0 Å². The van der Waals surface area contributed by atoms with E-state index in [2.05, 4.69) is 5.32 Å². The summed E-state index contributed by atoms with van der Waals surface area (Å²) in [7, 11) is 0. The van der Waals surface area contributed by atoms with Crippen LogP contribution in [0, 0.1) is 5.82 Å². The maximum atomic E-state index is 13.0. The van der Waals surface area contributed by atoms with Crippen LogP contribution in [-0.4, -0.2) is 11.1 Å². The number of aliphatic hydroxyl groups excluding tert-OH is 1. The Bertz CT molecular complexity index is 825. The Morgan fingerprint density at radius 2 is 1.54 bits per heavy atom. The Labute approximate surface area is 171 Å². The molecule has 28 heavy (non-hydrogen) atoms. The topological polar surface area (TPSA) is 46.1 Å². The zero-order chi connectivity index (χ0) is 19.1. The minimum atomic E-state index is -0.589. The number of hydrogen-bond acceptors (Lipinski definition) is 2. The number of rotatable bonds is 8. The maximum absolute atomic E-state index is 13.0. The van der Waals surface area contributed by atoms with Gasteiger partial charge in [0.05, 0.1) is 0 Å². The summed E-state index contributed by atoms with van der Waals surface area (Å²) < 4.78 is 18.7. The lowest BCUT2D eigenvalue weighted by Gasteiger charge is -2.18. The molecule has 2 atom stereocenters. The molecule has 3 N–H and O–H groups in total. The normalized spacial score (nSPS) is 12.7. The van der Waals surface area contributed by atoms with Crippen LogP contribution in [-0.2, 0) is 13.2 Å².